The van der Waals surface area contributed by atoms with Crippen LogP contribution in [0, 0.1) is 5.92 Å². The summed E-state index contributed by atoms with van der Waals surface area (Å²) in [5.41, 5.74) is 1.91. The average molecular weight is 311 g/mol. The van der Waals surface area contributed by atoms with Gasteiger partial charge < -0.3 is 15.2 Å². The number of urea groups is 1. The van der Waals surface area contributed by atoms with Crippen molar-refractivity contribution in [2.45, 2.75) is 25.2 Å². The summed E-state index contributed by atoms with van der Waals surface area (Å²) in [4.78, 5) is 11.7. The lowest BCUT2D eigenvalue weighted by Gasteiger charge is -2.33. The van der Waals surface area contributed by atoms with Crippen molar-refractivity contribution >= 4 is 11.7 Å². The zero-order valence-corrected chi connectivity index (χ0v) is 13.2. The van der Waals surface area contributed by atoms with Gasteiger partial charge in [-0.2, -0.15) is 0 Å². The second-order valence-corrected chi connectivity index (χ2v) is 5.90. The van der Waals surface area contributed by atoms with E-state index in [9.17, 15) is 4.79 Å². The van der Waals surface area contributed by atoms with Gasteiger partial charge in [-0.1, -0.05) is 25.1 Å². The molecule has 0 aliphatic heterocycles. The van der Waals surface area contributed by atoms with E-state index >= 15 is 0 Å². The average Bonchev–Trinajstić information content (AvgIpc) is 2.89. The maximum absolute atomic E-state index is 11.7. The van der Waals surface area contributed by atoms with Crippen molar-refractivity contribution in [2.75, 3.05) is 5.32 Å². The molecule has 2 N–H and O–H groups in total. The smallest absolute Gasteiger partial charge is 0.320 e. The number of anilines is 1. The molecule has 0 spiro atoms. The van der Waals surface area contributed by atoms with Gasteiger partial charge >= 0.3 is 6.03 Å². The summed E-state index contributed by atoms with van der Waals surface area (Å²) in [6.07, 6.45) is 6.76. The fourth-order valence-electron chi connectivity index (χ4n) is 3.05. The fourth-order valence-corrected chi connectivity index (χ4v) is 3.05. The summed E-state index contributed by atoms with van der Waals surface area (Å²) in [5, 5.41) is 13.7. The van der Waals surface area contributed by atoms with Gasteiger partial charge in [-0.15, -0.1) is 10.2 Å². The van der Waals surface area contributed by atoms with E-state index in [0.29, 0.717) is 5.92 Å². The van der Waals surface area contributed by atoms with Crippen molar-refractivity contribution in [3.05, 3.63) is 54.8 Å². The lowest BCUT2D eigenvalue weighted by atomic mass is 9.72. The van der Waals surface area contributed by atoms with Gasteiger partial charge in [0.1, 0.15) is 12.2 Å². The normalized spacial score (nSPS) is 15.5. The van der Waals surface area contributed by atoms with Gasteiger partial charge in [-0.25, -0.2) is 4.79 Å². The van der Waals surface area contributed by atoms with E-state index in [-0.39, 0.29) is 11.9 Å². The number of hydrogen-bond acceptors (Lipinski definition) is 3. The molecule has 0 radical (unpaired) electrons. The molecular weight excluding hydrogens is 290 g/mol. The monoisotopic (exact) mass is 311 g/mol. The predicted molar refractivity (Wildman–Crippen MR) is 89.0 cm³/mol. The fraction of sp³-hybridized carbons (Fsp3) is 0.353. The highest BCUT2D eigenvalue weighted by Gasteiger charge is 2.32. The van der Waals surface area contributed by atoms with Crippen molar-refractivity contribution in [3.63, 3.8) is 0 Å². The van der Waals surface area contributed by atoms with Gasteiger partial charge in [0, 0.05) is 18.7 Å². The molecule has 0 unspecified atom stereocenters. The molecule has 1 aliphatic carbocycles. The number of benzene rings is 1. The van der Waals surface area contributed by atoms with E-state index in [0.717, 1.165) is 17.1 Å². The highest BCUT2D eigenvalue weighted by Crippen LogP contribution is 2.42. The molecule has 0 saturated heterocycles. The summed E-state index contributed by atoms with van der Waals surface area (Å²) in [5.74, 6) is 1.76. The first-order valence-corrected chi connectivity index (χ1v) is 7.81. The molecule has 1 heterocycles. The Hall–Kier alpha value is -2.63. The van der Waals surface area contributed by atoms with Gasteiger partial charge in [0.15, 0.2) is 0 Å². The number of rotatable bonds is 5. The first-order valence-electron chi connectivity index (χ1n) is 7.81. The molecule has 2 amide bonds. The number of nitrogens with one attached hydrogen (secondary N) is 2. The SMILES string of the molecule is C=CNC(=O)Nc1cccc([C@H](c2nncn2C)C2CCC2)c1. The molecule has 1 aromatic heterocycles. The quantitative estimate of drug-likeness (QED) is 0.891. The van der Waals surface area contributed by atoms with Crippen LogP contribution in [0.1, 0.15) is 36.6 Å². The van der Waals surface area contributed by atoms with Crippen LogP contribution in [0.3, 0.4) is 0 Å². The molecule has 1 saturated carbocycles. The Bertz CT molecular complexity index is 705. The summed E-state index contributed by atoms with van der Waals surface area (Å²) >= 11 is 0. The van der Waals surface area contributed by atoms with Crippen LogP contribution in [-0.2, 0) is 7.05 Å². The van der Waals surface area contributed by atoms with Crippen molar-refractivity contribution in [1.82, 2.24) is 20.1 Å². The second kappa shape index (κ2) is 6.64. The number of nitrogens with zero attached hydrogens (tertiary/aromatic N) is 3. The van der Waals surface area contributed by atoms with E-state index in [4.69, 9.17) is 0 Å². The van der Waals surface area contributed by atoms with Crippen LogP contribution in [0.2, 0.25) is 0 Å². The Kier molecular flexibility index (Phi) is 4.41. The number of aromatic nitrogens is 3. The van der Waals surface area contributed by atoms with Crippen LogP contribution in [0.15, 0.2) is 43.4 Å². The molecule has 1 atom stereocenters. The maximum Gasteiger partial charge on any atom is 0.323 e. The molecule has 1 aliphatic rings. The third-order valence-electron chi connectivity index (χ3n) is 4.38. The minimum Gasteiger partial charge on any atom is -0.320 e. The third kappa shape index (κ3) is 3.26. The van der Waals surface area contributed by atoms with E-state index in [1.807, 2.05) is 29.8 Å². The number of hydrogen-bond donors (Lipinski definition) is 2. The highest BCUT2D eigenvalue weighted by molar-refractivity contribution is 5.89. The molecule has 6 nitrogen and oxygen atoms in total. The standard InChI is InChI=1S/C17H21N5O/c1-3-18-17(23)20-14-9-5-8-13(10-14)15(12-6-4-7-12)16-21-19-11-22(16)2/h3,5,8-12,15H,1,4,6-7H2,2H3,(H2,18,20,23)/t15-/m1/s1. The number of aryl methyl sites for hydroxylation is 1. The van der Waals surface area contributed by atoms with Gasteiger partial charge in [0.2, 0.25) is 0 Å². The largest absolute Gasteiger partial charge is 0.323 e. The summed E-state index contributed by atoms with van der Waals surface area (Å²) in [6.45, 7) is 3.48. The maximum atomic E-state index is 11.7. The van der Waals surface area contributed by atoms with Crippen molar-refractivity contribution in [1.29, 1.82) is 0 Å². The molecule has 2 aromatic rings. The summed E-state index contributed by atoms with van der Waals surface area (Å²) < 4.78 is 1.98. The minimum atomic E-state index is -0.295. The molecule has 6 heteroatoms. The van der Waals surface area contributed by atoms with Crippen molar-refractivity contribution in [2.24, 2.45) is 13.0 Å². The second-order valence-electron chi connectivity index (χ2n) is 5.90. The lowest BCUT2D eigenvalue weighted by Crippen LogP contribution is -2.25. The Labute approximate surface area is 135 Å². The Balaban J connectivity index is 1.89. The summed E-state index contributed by atoms with van der Waals surface area (Å²) in [7, 11) is 1.97. The van der Waals surface area contributed by atoms with E-state index < -0.39 is 0 Å². The Morgan fingerprint density at radius 1 is 1.48 bits per heavy atom. The van der Waals surface area contributed by atoms with Crippen LogP contribution in [0.4, 0.5) is 10.5 Å². The van der Waals surface area contributed by atoms with E-state index in [1.165, 1.54) is 25.5 Å². The van der Waals surface area contributed by atoms with Crippen LogP contribution in [0.25, 0.3) is 0 Å². The first-order chi connectivity index (χ1) is 11.2. The molecule has 23 heavy (non-hydrogen) atoms. The van der Waals surface area contributed by atoms with Crippen molar-refractivity contribution < 1.29 is 4.79 Å². The Morgan fingerprint density at radius 2 is 2.30 bits per heavy atom. The first kappa shape index (κ1) is 15.3. The van der Waals surface area contributed by atoms with Crippen LogP contribution in [0.5, 0.6) is 0 Å². The number of carbonyl (C=O) groups is 1. The van der Waals surface area contributed by atoms with Crippen LogP contribution in [-0.4, -0.2) is 20.8 Å². The Morgan fingerprint density at radius 3 is 2.91 bits per heavy atom. The molecule has 3 rings (SSSR count). The van der Waals surface area contributed by atoms with Gasteiger partial charge in [0.25, 0.3) is 0 Å². The molecule has 120 valence electrons. The van der Waals surface area contributed by atoms with Crippen molar-refractivity contribution in [3.8, 4) is 0 Å². The zero-order chi connectivity index (χ0) is 16.2. The molecule has 1 fully saturated rings. The van der Waals surface area contributed by atoms with Crippen LogP contribution >= 0.6 is 0 Å². The molecule has 1 aromatic carbocycles. The zero-order valence-electron chi connectivity index (χ0n) is 13.2. The molecule has 0 bridgehead atoms. The number of carbonyl (C=O) groups excluding carboxylic acids is 1. The molecular formula is C17H21N5O. The van der Waals surface area contributed by atoms with E-state index in [2.05, 4.69) is 33.5 Å². The van der Waals surface area contributed by atoms with Gasteiger partial charge in [-0.05, 0) is 42.7 Å². The predicted octanol–water partition coefficient (Wildman–Crippen LogP) is 3.01. The van der Waals surface area contributed by atoms with E-state index in [1.54, 1.807) is 6.33 Å². The highest BCUT2D eigenvalue weighted by atomic mass is 16.2. The summed E-state index contributed by atoms with van der Waals surface area (Å²) in [6, 6.07) is 7.65. The minimum absolute atomic E-state index is 0.209. The number of amides is 2. The van der Waals surface area contributed by atoms with Gasteiger partial charge in [0.05, 0.1) is 0 Å². The van der Waals surface area contributed by atoms with Gasteiger partial charge in [-0.3, -0.25) is 0 Å². The topological polar surface area (TPSA) is 71.8 Å². The lowest BCUT2D eigenvalue weighted by molar-refractivity contribution is 0.255. The van der Waals surface area contributed by atoms with Crippen LogP contribution < -0.4 is 10.6 Å². The third-order valence-corrected chi connectivity index (χ3v) is 4.38.